The lowest BCUT2D eigenvalue weighted by Crippen LogP contribution is -2.37. The van der Waals surface area contributed by atoms with E-state index in [1.54, 1.807) is 61.7 Å². The van der Waals surface area contributed by atoms with Crippen molar-refractivity contribution in [1.82, 2.24) is 4.90 Å². The van der Waals surface area contributed by atoms with Crippen molar-refractivity contribution in [2.75, 3.05) is 38.7 Å². The number of anilines is 2. The van der Waals surface area contributed by atoms with E-state index in [-0.39, 0.29) is 13.0 Å². The highest BCUT2D eigenvalue weighted by Gasteiger charge is 2.46. The predicted molar refractivity (Wildman–Crippen MR) is 141 cm³/mol. The van der Waals surface area contributed by atoms with Crippen molar-refractivity contribution < 1.29 is 33.3 Å². The molecule has 4 rings (SSSR count). The molecule has 0 saturated carbocycles. The maximum atomic E-state index is 13.6. The van der Waals surface area contributed by atoms with E-state index in [1.807, 2.05) is 12.1 Å². The smallest absolute Gasteiger partial charge is 0.332 e. The van der Waals surface area contributed by atoms with Crippen molar-refractivity contribution in [3.8, 4) is 23.0 Å². The summed E-state index contributed by atoms with van der Waals surface area (Å²) in [6, 6.07) is 17.2. The van der Waals surface area contributed by atoms with Gasteiger partial charge in [0.25, 0.3) is 5.91 Å². The first-order valence-corrected chi connectivity index (χ1v) is 11.8. The first-order valence-electron chi connectivity index (χ1n) is 11.8. The van der Waals surface area contributed by atoms with Gasteiger partial charge < -0.3 is 29.2 Å². The minimum atomic E-state index is -1.02. The van der Waals surface area contributed by atoms with Gasteiger partial charge in [0.1, 0.15) is 29.0 Å². The van der Waals surface area contributed by atoms with Gasteiger partial charge in [0.2, 0.25) is 5.91 Å². The van der Waals surface area contributed by atoms with Gasteiger partial charge in [-0.3, -0.25) is 9.59 Å². The van der Waals surface area contributed by atoms with E-state index < -0.39 is 23.9 Å². The quantitative estimate of drug-likeness (QED) is 0.402. The predicted octanol–water partition coefficient (Wildman–Crippen LogP) is 4.09. The Kier molecular flexibility index (Phi) is 8.00. The number of carbonyl (C=O) groups is 3. The van der Waals surface area contributed by atoms with Gasteiger partial charge in [-0.05, 0) is 29.8 Å². The van der Waals surface area contributed by atoms with Crippen LogP contribution in [0, 0.1) is 0 Å². The van der Waals surface area contributed by atoms with Crippen LogP contribution in [0.1, 0.15) is 12.0 Å². The second kappa shape index (κ2) is 11.5. The topological polar surface area (TPSA) is 107 Å². The summed E-state index contributed by atoms with van der Waals surface area (Å²) in [6.07, 6.45) is -0.249. The SMILES string of the molecule is COc1ccc(CN2C(=O)N(c3cccc(OC)c3)C(=O)[C@H]2CC(=O)Nc2cc(OC)cc(OC)c2)cc1. The van der Waals surface area contributed by atoms with Crippen LogP contribution in [0.5, 0.6) is 23.0 Å². The van der Waals surface area contributed by atoms with Gasteiger partial charge in [-0.25, -0.2) is 9.69 Å². The Labute approximate surface area is 220 Å². The van der Waals surface area contributed by atoms with Crippen LogP contribution < -0.4 is 29.2 Å². The van der Waals surface area contributed by atoms with E-state index in [2.05, 4.69) is 5.32 Å². The number of rotatable bonds is 10. The Morgan fingerprint density at radius 3 is 2.03 bits per heavy atom. The third-order valence-electron chi connectivity index (χ3n) is 6.16. The Hall–Kier alpha value is -4.73. The fourth-order valence-electron chi connectivity index (χ4n) is 4.20. The van der Waals surface area contributed by atoms with Crippen LogP contribution in [-0.4, -0.2) is 57.2 Å². The minimum absolute atomic E-state index is 0.125. The molecule has 1 aliphatic heterocycles. The van der Waals surface area contributed by atoms with Crippen molar-refractivity contribution in [3.63, 3.8) is 0 Å². The molecule has 0 radical (unpaired) electrons. The molecule has 0 spiro atoms. The zero-order valence-electron chi connectivity index (χ0n) is 21.6. The van der Waals surface area contributed by atoms with Gasteiger partial charge in [-0.15, -0.1) is 0 Å². The number of ether oxygens (including phenoxy) is 4. The highest BCUT2D eigenvalue weighted by Crippen LogP contribution is 2.31. The number of amides is 4. The molecule has 1 atom stereocenters. The summed E-state index contributed by atoms with van der Waals surface area (Å²) in [5.41, 5.74) is 1.58. The van der Waals surface area contributed by atoms with Crippen LogP contribution in [0.3, 0.4) is 0 Å². The highest BCUT2D eigenvalue weighted by atomic mass is 16.5. The molecule has 1 saturated heterocycles. The Balaban J connectivity index is 1.61. The molecule has 10 heteroatoms. The average molecular weight is 520 g/mol. The first kappa shape index (κ1) is 26.3. The van der Waals surface area contributed by atoms with E-state index in [0.717, 1.165) is 10.5 Å². The molecule has 198 valence electrons. The fourth-order valence-corrected chi connectivity index (χ4v) is 4.20. The summed E-state index contributed by atoms with van der Waals surface area (Å²) in [5.74, 6) is 1.21. The van der Waals surface area contributed by atoms with Crippen LogP contribution in [0.4, 0.5) is 16.2 Å². The summed E-state index contributed by atoms with van der Waals surface area (Å²) < 4.78 is 21.0. The van der Waals surface area contributed by atoms with Crippen LogP contribution >= 0.6 is 0 Å². The molecule has 4 amide bonds. The maximum Gasteiger partial charge on any atom is 0.332 e. The zero-order valence-corrected chi connectivity index (χ0v) is 21.6. The monoisotopic (exact) mass is 519 g/mol. The zero-order chi connectivity index (χ0) is 27.2. The molecule has 1 N–H and O–H groups in total. The number of imide groups is 1. The van der Waals surface area contributed by atoms with Crippen molar-refractivity contribution in [1.29, 1.82) is 0 Å². The molecule has 1 fully saturated rings. The average Bonchev–Trinajstić information content (AvgIpc) is 3.16. The van der Waals surface area contributed by atoms with Gasteiger partial charge >= 0.3 is 6.03 Å². The van der Waals surface area contributed by atoms with Gasteiger partial charge in [0.05, 0.1) is 40.5 Å². The standard InChI is InChI=1S/C28H29N3O7/c1-35-21-10-8-18(9-11-21)17-30-25(16-26(32)29-19-12-23(37-3)15-24(13-19)38-4)27(33)31(28(30)34)20-6-5-7-22(14-20)36-2/h5-15,25H,16-17H2,1-4H3,(H,29,32)/t25-/m1/s1. The van der Waals surface area contributed by atoms with Crippen LogP contribution in [0.25, 0.3) is 0 Å². The fraction of sp³-hybridized carbons (Fsp3) is 0.250. The van der Waals surface area contributed by atoms with E-state index >= 15 is 0 Å². The highest BCUT2D eigenvalue weighted by molar-refractivity contribution is 6.22. The lowest BCUT2D eigenvalue weighted by atomic mass is 10.1. The summed E-state index contributed by atoms with van der Waals surface area (Å²) in [4.78, 5) is 42.7. The van der Waals surface area contributed by atoms with Crippen LogP contribution in [0.2, 0.25) is 0 Å². The van der Waals surface area contributed by atoms with Crippen LogP contribution in [-0.2, 0) is 16.1 Å². The normalized spacial score (nSPS) is 14.9. The maximum absolute atomic E-state index is 13.6. The summed E-state index contributed by atoms with van der Waals surface area (Å²) in [6.45, 7) is 0.125. The number of methoxy groups -OCH3 is 4. The molecule has 0 aliphatic carbocycles. The van der Waals surface area contributed by atoms with Crippen LogP contribution in [0.15, 0.2) is 66.7 Å². The molecule has 1 heterocycles. The molecular weight excluding hydrogens is 490 g/mol. The molecule has 3 aromatic carbocycles. The second-order valence-corrected chi connectivity index (χ2v) is 8.50. The molecule has 0 bridgehead atoms. The van der Waals surface area contributed by atoms with Gasteiger partial charge in [-0.2, -0.15) is 0 Å². The Morgan fingerprint density at radius 2 is 1.42 bits per heavy atom. The van der Waals surface area contributed by atoms with Crippen molar-refractivity contribution in [3.05, 3.63) is 72.3 Å². The third kappa shape index (κ3) is 5.64. The van der Waals surface area contributed by atoms with E-state index in [1.165, 1.54) is 26.2 Å². The van der Waals surface area contributed by atoms with Gasteiger partial charge in [0, 0.05) is 36.5 Å². The summed E-state index contributed by atoms with van der Waals surface area (Å²) in [5, 5.41) is 2.78. The first-order chi connectivity index (χ1) is 18.4. The molecule has 38 heavy (non-hydrogen) atoms. The number of urea groups is 1. The van der Waals surface area contributed by atoms with Crippen molar-refractivity contribution in [2.24, 2.45) is 0 Å². The molecule has 10 nitrogen and oxygen atoms in total. The number of benzene rings is 3. The third-order valence-corrected chi connectivity index (χ3v) is 6.16. The molecule has 3 aromatic rings. The van der Waals surface area contributed by atoms with Crippen molar-refractivity contribution >= 4 is 29.2 Å². The van der Waals surface area contributed by atoms with Crippen molar-refractivity contribution in [2.45, 2.75) is 19.0 Å². The lowest BCUT2D eigenvalue weighted by molar-refractivity contribution is -0.124. The van der Waals surface area contributed by atoms with Gasteiger partial charge in [0.15, 0.2) is 0 Å². The Bertz CT molecular complexity index is 1300. The molecule has 0 unspecified atom stereocenters. The molecule has 1 aliphatic rings. The molecule has 0 aromatic heterocycles. The number of hydrogen-bond donors (Lipinski definition) is 1. The number of nitrogens with zero attached hydrogens (tertiary/aromatic N) is 2. The minimum Gasteiger partial charge on any atom is -0.497 e. The Morgan fingerprint density at radius 1 is 0.789 bits per heavy atom. The van der Waals surface area contributed by atoms with E-state index in [9.17, 15) is 14.4 Å². The van der Waals surface area contributed by atoms with E-state index in [0.29, 0.717) is 34.4 Å². The van der Waals surface area contributed by atoms with Gasteiger partial charge in [-0.1, -0.05) is 18.2 Å². The lowest BCUT2D eigenvalue weighted by Gasteiger charge is -2.22. The number of nitrogens with one attached hydrogen (secondary N) is 1. The van der Waals surface area contributed by atoms with E-state index in [4.69, 9.17) is 18.9 Å². The second-order valence-electron chi connectivity index (χ2n) is 8.50. The largest absolute Gasteiger partial charge is 0.497 e. The number of hydrogen-bond acceptors (Lipinski definition) is 7. The number of carbonyl (C=O) groups excluding carboxylic acids is 3. The summed E-state index contributed by atoms with van der Waals surface area (Å²) in [7, 11) is 6.08. The summed E-state index contributed by atoms with van der Waals surface area (Å²) >= 11 is 0. The molecular formula is C28H29N3O7.